The number of nitriles is 1. The number of benzene rings is 1. The number of rotatable bonds is 13. The van der Waals surface area contributed by atoms with Crippen molar-refractivity contribution in [1.29, 1.82) is 5.26 Å². The van der Waals surface area contributed by atoms with Crippen LogP contribution in [0.3, 0.4) is 0 Å². The Labute approximate surface area is 231 Å². The van der Waals surface area contributed by atoms with E-state index in [1.54, 1.807) is 0 Å². The molecule has 2 atom stereocenters. The van der Waals surface area contributed by atoms with Gasteiger partial charge in [-0.15, -0.1) is 0 Å². The van der Waals surface area contributed by atoms with Gasteiger partial charge in [0.1, 0.15) is 11.6 Å². The first-order valence-electron chi connectivity index (χ1n) is 13.1. The number of alkyl halides is 3. The second-order valence-electron chi connectivity index (χ2n) is 9.94. The minimum absolute atomic E-state index is 0.103. The molecule has 12 heteroatoms. The van der Waals surface area contributed by atoms with E-state index in [9.17, 15) is 26.4 Å². The predicted molar refractivity (Wildman–Crippen MR) is 142 cm³/mol. The number of aliphatic carboxylic acids is 1. The summed E-state index contributed by atoms with van der Waals surface area (Å²) in [5.41, 5.74) is -1.37. The monoisotopic (exact) mass is 623 g/mol. The number of sulfone groups is 1. The fourth-order valence-corrected chi connectivity index (χ4v) is 6.54. The van der Waals surface area contributed by atoms with Gasteiger partial charge in [-0.25, -0.2) is 8.42 Å². The average Bonchev–Trinajstić information content (AvgIpc) is 3.45. The van der Waals surface area contributed by atoms with E-state index in [2.05, 4.69) is 39.6 Å². The Morgan fingerprint density at radius 2 is 1.79 bits per heavy atom. The summed E-state index contributed by atoms with van der Waals surface area (Å²) in [4.78, 5) is 10.0. The van der Waals surface area contributed by atoms with Gasteiger partial charge in [0.2, 0.25) is 0 Å². The molecule has 2 fully saturated rings. The molecule has 2 aliphatic rings. The molecule has 0 amide bonds. The van der Waals surface area contributed by atoms with Crippen LogP contribution in [-0.2, 0) is 20.8 Å². The Morgan fingerprint density at radius 1 is 1.18 bits per heavy atom. The molecular formula is C26H37BrF3N3O4S. The van der Waals surface area contributed by atoms with Gasteiger partial charge in [0.05, 0.1) is 21.8 Å². The van der Waals surface area contributed by atoms with Crippen molar-refractivity contribution in [2.45, 2.75) is 105 Å². The van der Waals surface area contributed by atoms with Crippen molar-refractivity contribution in [3.63, 3.8) is 0 Å². The van der Waals surface area contributed by atoms with Crippen LogP contribution >= 0.6 is 15.9 Å². The van der Waals surface area contributed by atoms with Gasteiger partial charge < -0.3 is 10.4 Å². The van der Waals surface area contributed by atoms with Crippen molar-refractivity contribution >= 4 is 31.7 Å². The highest BCUT2D eigenvalue weighted by molar-refractivity contribution is 9.10. The number of carbonyl (C=O) groups is 1. The zero-order valence-corrected chi connectivity index (χ0v) is 24.0. The summed E-state index contributed by atoms with van der Waals surface area (Å²) in [6, 6.07) is 4.08. The average molecular weight is 625 g/mol. The number of nitrogens with zero attached hydrogens (tertiary/aromatic N) is 1. The van der Waals surface area contributed by atoms with Gasteiger partial charge in [-0.1, -0.05) is 67.8 Å². The third kappa shape index (κ3) is 9.81. The van der Waals surface area contributed by atoms with E-state index in [0.29, 0.717) is 6.07 Å². The van der Waals surface area contributed by atoms with E-state index in [1.807, 2.05) is 0 Å². The van der Waals surface area contributed by atoms with Crippen LogP contribution < -0.4 is 10.6 Å². The summed E-state index contributed by atoms with van der Waals surface area (Å²) >= 11 is 2.88. The minimum Gasteiger partial charge on any atom is -0.480 e. The van der Waals surface area contributed by atoms with E-state index >= 15 is 0 Å². The molecule has 0 bridgehead atoms. The minimum atomic E-state index is -4.83. The molecule has 1 saturated heterocycles. The van der Waals surface area contributed by atoms with Crippen LogP contribution in [0.1, 0.15) is 83.1 Å². The second kappa shape index (κ2) is 14.6. The van der Waals surface area contributed by atoms with Gasteiger partial charge in [0, 0.05) is 11.0 Å². The number of carboxylic acids is 1. The number of hydrogen-bond donors (Lipinski definition) is 3. The molecule has 0 unspecified atom stereocenters. The van der Waals surface area contributed by atoms with Crippen molar-refractivity contribution in [3.05, 3.63) is 28.2 Å². The molecule has 1 aliphatic heterocycles. The first-order valence-corrected chi connectivity index (χ1v) is 15.4. The normalized spacial score (nSPS) is 20.3. The maximum atomic E-state index is 13.1. The van der Waals surface area contributed by atoms with E-state index in [0.717, 1.165) is 25.5 Å². The van der Waals surface area contributed by atoms with Gasteiger partial charge in [-0.2, -0.15) is 18.4 Å². The van der Waals surface area contributed by atoms with Crippen LogP contribution in [0.5, 0.6) is 0 Å². The predicted octanol–water partition coefficient (Wildman–Crippen LogP) is 5.83. The molecule has 1 aromatic rings. The van der Waals surface area contributed by atoms with Gasteiger partial charge >= 0.3 is 12.1 Å². The second-order valence-corrected chi connectivity index (χ2v) is 13.0. The Bertz CT molecular complexity index is 1070. The van der Waals surface area contributed by atoms with Gasteiger partial charge in [0.25, 0.3) is 0 Å². The summed E-state index contributed by atoms with van der Waals surface area (Å²) in [5.74, 6) is -1.23. The number of halogens is 4. The molecular weight excluding hydrogens is 587 g/mol. The summed E-state index contributed by atoms with van der Waals surface area (Å²) in [6.07, 6.45) is 7.87. The Morgan fingerprint density at radius 3 is 2.29 bits per heavy atom. The van der Waals surface area contributed by atoms with Gasteiger partial charge in [-0.05, 0) is 50.4 Å². The van der Waals surface area contributed by atoms with Crippen LogP contribution in [0.2, 0.25) is 0 Å². The van der Waals surface area contributed by atoms with E-state index in [1.165, 1.54) is 57.4 Å². The number of hydrogen-bond acceptors (Lipinski definition) is 6. The lowest BCUT2D eigenvalue weighted by Gasteiger charge is -2.17. The summed E-state index contributed by atoms with van der Waals surface area (Å²) in [5, 5.41) is 22.4. The summed E-state index contributed by atoms with van der Waals surface area (Å²) in [6.45, 7) is 3.09. The Kier molecular flexibility index (Phi) is 12.5. The highest BCUT2D eigenvalue weighted by atomic mass is 79.9. The van der Waals surface area contributed by atoms with Crippen molar-refractivity contribution in [3.8, 4) is 6.07 Å². The van der Waals surface area contributed by atoms with E-state index in [4.69, 9.17) is 10.4 Å². The zero-order chi connectivity index (χ0) is 28.4. The third-order valence-corrected chi connectivity index (χ3v) is 9.54. The maximum Gasteiger partial charge on any atom is 0.417 e. The molecule has 1 saturated carbocycles. The highest BCUT2D eigenvalue weighted by Gasteiger charge is 2.43. The third-order valence-electron chi connectivity index (χ3n) is 6.84. The van der Waals surface area contributed by atoms with E-state index in [-0.39, 0.29) is 23.0 Å². The quantitative estimate of drug-likeness (QED) is 0.236. The SMILES string of the molecule is CCCCCCCCCCNC1(C#N)CC1.O=C(O)[C@@H]1C[C@@H](S(=O)(=O)c2ccc(Br)cc2C(F)(F)F)CN1. The smallest absolute Gasteiger partial charge is 0.417 e. The lowest BCUT2D eigenvalue weighted by atomic mass is 10.1. The molecule has 0 radical (unpaired) electrons. The van der Waals surface area contributed by atoms with Crippen LogP contribution in [0.4, 0.5) is 13.2 Å². The standard InChI is InChI=1S/C14H26N2.C12H11BrF3NO4S/c1-2-3-4-5-6-7-8-9-12-16-14(13-15)10-11-14;13-6-1-2-10(8(3-6)12(14,15)16)22(20,21)7-4-9(11(18)19)17-5-7/h16H,2-12H2,1H3;1-3,7,9,17H,4-5H2,(H,18,19)/t;7-,9+/m.1/s1. The van der Waals surface area contributed by atoms with Crippen molar-refractivity contribution in [2.24, 2.45) is 0 Å². The number of carboxylic acid groups (broad SMARTS) is 1. The number of unbranched alkanes of at least 4 members (excludes halogenated alkanes) is 7. The molecule has 38 heavy (non-hydrogen) atoms. The van der Waals surface area contributed by atoms with Crippen LogP contribution in [0, 0.1) is 11.3 Å². The molecule has 1 aromatic carbocycles. The summed E-state index contributed by atoms with van der Waals surface area (Å²) < 4.78 is 64.1. The topological polar surface area (TPSA) is 119 Å². The molecule has 0 aromatic heterocycles. The van der Waals surface area contributed by atoms with Gasteiger partial charge in [-0.3, -0.25) is 10.1 Å². The maximum absolute atomic E-state index is 13.1. The van der Waals surface area contributed by atoms with Crippen molar-refractivity contribution in [2.75, 3.05) is 13.1 Å². The van der Waals surface area contributed by atoms with Crippen LogP contribution in [-0.4, -0.2) is 49.4 Å². The zero-order valence-electron chi connectivity index (χ0n) is 21.6. The first kappa shape index (κ1) is 32.5. The lowest BCUT2D eigenvalue weighted by Crippen LogP contribution is -2.30. The van der Waals surface area contributed by atoms with Crippen molar-refractivity contribution < 1.29 is 31.5 Å². The molecule has 1 heterocycles. The molecule has 1 aliphatic carbocycles. The highest BCUT2D eigenvalue weighted by Crippen LogP contribution is 2.38. The Balaban J connectivity index is 0.000000281. The fraction of sp³-hybridized carbons (Fsp3) is 0.692. The van der Waals surface area contributed by atoms with Crippen LogP contribution in [0.15, 0.2) is 27.6 Å². The summed E-state index contributed by atoms with van der Waals surface area (Å²) in [7, 11) is -4.30. The van der Waals surface area contributed by atoms with Crippen LogP contribution in [0.25, 0.3) is 0 Å². The number of nitrogens with one attached hydrogen (secondary N) is 2. The molecule has 214 valence electrons. The molecule has 3 N–H and O–H groups in total. The first-order chi connectivity index (χ1) is 17.9. The fourth-order valence-electron chi connectivity index (χ4n) is 4.32. The molecule has 0 spiro atoms. The van der Waals surface area contributed by atoms with Crippen molar-refractivity contribution in [1.82, 2.24) is 10.6 Å². The van der Waals surface area contributed by atoms with Gasteiger partial charge in [0.15, 0.2) is 9.84 Å². The largest absolute Gasteiger partial charge is 0.480 e. The lowest BCUT2D eigenvalue weighted by molar-refractivity contribution is -0.140. The molecule has 7 nitrogen and oxygen atoms in total. The Hall–Kier alpha value is -1.68. The van der Waals surface area contributed by atoms with E-state index < -0.39 is 43.7 Å². The molecule has 3 rings (SSSR count).